The number of esters is 1. The smallest absolute Gasteiger partial charge is 0.320 e. The van der Waals surface area contributed by atoms with Crippen molar-refractivity contribution >= 4 is 12.0 Å². The number of urea groups is 1. The van der Waals surface area contributed by atoms with Crippen LogP contribution in [0.5, 0.6) is 0 Å². The molecule has 0 aromatic rings. The number of ether oxygens (including phenoxy) is 1. The highest BCUT2D eigenvalue weighted by atomic mass is 16.5. The van der Waals surface area contributed by atoms with Gasteiger partial charge in [0, 0.05) is 52.1 Å². The fourth-order valence-corrected chi connectivity index (χ4v) is 2.80. The van der Waals surface area contributed by atoms with E-state index < -0.39 is 0 Å². The molecular formula is C14H23N3O3. The molecule has 6 nitrogen and oxygen atoms in total. The van der Waals surface area contributed by atoms with Crippen LogP contribution in [-0.2, 0) is 9.53 Å². The summed E-state index contributed by atoms with van der Waals surface area (Å²) in [7, 11) is 0. The summed E-state index contributed by atoms with van der Waals surface area (Å²) in [5.74, 6) is 0.132. The Morgan fingerprint density at radius 2 is 1.50 bits per heavy atom. The molecule has 1 aliphatic carbocycles. The third-order valence-electron chi connectivity index (χ3n) is 4.29. The normalized spacial score (nSPS) is 24.6. The van der Waals surface area contributed by atoms with Gasteiger partial charge in [0.15, 0.2) is 0 Å². The van der Waals surface area contributed by atoms with Gasteiger partial charge in [-0.1, -0.05) is 0 Å². The minimum Gasteiger partial charge on any atom is -0.462 e. The Labute approximate surface area is 119 Å². The topological polar surface area (TPSA) is 61.9 Å². The molecule has 3 aliphatic rings. The van der Waals surface area contributed by atoms with E-state index >= 15 is 0 Å². The molecule has 2 heterocycles. The van der Waals surface area contributed by atoms with Crippen LogP contribution in [0, 0.1) is 5.92 Å². The molecular weight excluding hydrogens is 258 g/mol. The molecule has 112 valence electrons. The molecule has 0 unspecified atom stereocenters. The highest BCUT2D eigenvalue weighted by Crippen LogP contribution is 2.31. The number of piperazine rings is 1. The molecule has 1 N–H and O–H groups in total. The summed E-state index contributed by atoms with van der Waals surface area (Å²) in [6.07, 6.45) is 3.53. The van der Waals surface area contributed by atoms with Crippen LogP contribution in [0.2, 0.25) is 0 Å². The van der Waals surface area contributed by atoms with Gasteiger partial charge in [-0.2, -0.15) is 0 Å². The lowest BCUT2D eigenvalue weighted by atomic mass is 10.1. The first-order valence-corrected chi connectivity index (χ1v) is 7.69. The number of carbonyl (C=O) groups excluding carboxylic acids is 2. The third-order valence-corrected chi connectivity index (χ3v) is 4.29. The van der Waals surface area contributed by atoms with Gasteiger partial charge in [0.2, 0.25) is 0 Å². The minimum absolute atomic E-state index is 0.00942. The molecule has 2 amide bonds. The first-order chi connectivity index (χ1) is 9.74. The van der Waals surface area contributed by atoms with Crippen molar-refractivity contribution in [1.82, 2.24) is 15.1 Å². The van der Waals surface area contributed by atoms with Crippen molar-refractivity contribution in [3.63, 3.8) is 0 Å². The Morgan fingerprint density at radius 3 is 2.10 bits per heavy atom. The van der Waals surface area contributed by atoms with Crippen molar-refractivity contribution < 1.29 is 14.3 Å². The first-order valence-electron chi connectivity index (χ1n) is 7.69. The van der Waals surface area contributed by atoms with Crippen molar-refractivity contribution in [1.29, 1.82) is 0 Å². The predicted molar refractivity (Wildman–Crippen MR) is 73.2 cm³/mol. The molecule has 0 atom stereocenters. The number of hydrogen-bond donors (Lipinski definition) is 1. The van der Waals surface area contributed by atoms with Crippen molar-refractivity contribution in [3.8, 4) is 0 Å². The largest absolute Gasteiger partial charge is 0.462 e. The summed E-state index contributed by atoms with van der Waals surface area (Å²) in [5.41, 5.74) is 0. The predicted octanol–water partition coefficient (Wildman–Crippen LogP) is 0.429. The monoisotopic (exact) mass is 281 g/mol. The van der Waals surface area contributed by atoms with E-state index in [1.54, 1.807) is 0 Å². The average molecular weight is 281 g/mol. The maximum Gasteiger partial charge on any atom is 0.320 e. The fourth-order valence-electron chi connectivity index (χ4n) is 2.80. The van der Waals surface area contributed by atoms with Gasteiger partial charge in [-0.3, -0.25) is 4.79 Å². The van der Waals surface area contributed by atoms with Crippen molar-refractivity contribution in [2.45, 2.75) is 31.8 Å². The molecule has 1 saturated carbocycles. The second kappa shape index (κ2) is 5.99. The van der Waals surface area contributed by atoms with Crippen molar-refractivity contribution in [2.75, 3.05) is 39.3 Å². The number of hydrogen-bond acceptors (Lipinski definition) is 4. The van der Waals surface area contributed by atoms with Gasteiger partial charge in [-0.25, -0.2) is 4.79 Å². The first kappa shape index (κ1) is 13.7. The van der Waals surface area contributed by atoms with E-state index in [2.05, 4.69) is 5.32 Å². The lowest BCUT2D eigenvalue weighted by Gasteiger charge is -2.37. The molecule has 2 aliphatic heterocycles. The number of amides is 2. The summed E-state index contributed by atoms with van der Waals surface area (Å²) in [5, 5.41) is 3.25. The Balaban J connectivity index is 1.42. The summed E-state index contributed by atoms with van der Waals surface area (Å²) in [6, 6.07) is 0.137. The number of nitrogens with one attached hydrogen (secondary N) is 1. The van der Waals surface area contributed by atoms with Gasteiger partial charge in [0.1, 0.15) is 6.10 Å². The molecule has 20 heavy (non-hydrogen) atoms. The number of carbonyl (C=O) groups is 2. The third kappa shape index (κ3) is 3.23. The van der Waals surface area contributed by atoms with Gasteiger partial charge >= 0.3 is 12.0 Å². The molecule has 0 aromatic heterocycles. The van der Waals surface area contributed by atoms with Crippen LogP contribution in [0.4, 0.5) is 4.79 Å². The lowest BCUT2D eigenvalue weighted by Crippen LogP contribution is -2.53. The number of rotatable bonds is 2. The maximum absolute atomic E-state index is 12.3. The molecule has 0 bridgehead atoms. The van der Waals surface area contributed by atoms with E-state index in [1.807, 2.05) is 9.80 Å². The highest BCUT2D eigenvalue weighted by molar-refractivity contribution is 5.75. The van der Waals surface area contributed by atoms with Crippen LogP contribution >= 0.6 is 0 Å². The van der Waals surface area contributed by atoms with Crippen LogP contribution in [0.25, 0.3) is 0 Å². The summed E-state index contributed by atoms with van der Waals surface area (Å²) >= 11 is 0. The van der Waals surface area contributed by atoms with E-state index in [9.17, 15) is 9.59 Å². The van der Waals surface area contributed by atoms with E-state index in [-0.39, 0.29) is 24.0 Å². The Morgan fingerprint density at radius 1 is 0.900 bits per heavy atom. The number of piperidine rings is 1. The van der Waals surface area contributed by atoms with E-state index in [1.165, 1.54) is 0 Å². The Kier molecular flexibility index (Phi) is 4.10. The van der Waals surface area contributed by atoms with Crippen LogP contribution < -0.4 is 5.32 Å². The summed E-state index contributed by atoms with van der Waals surface area (Å²) in [4.78, 5) is 27.7. The van der Waals surface area contributed by atoms with Crippen LogP contribution in [0.15, 0.2) is 0 Å². The van der Waals surface area contributed by atoms with E-state index in [4.69, 9.17) is 4.74 Å². The minimum atomic E-state index is -0.0307. The molecule has 6 heteroatoms. The van der Waals surface area contributed by atoms with E-state index in [0.717, 1.165) is 51.9 Å². The molecule has 0 spiro atoms. The molecule has 0 aromatic carbocycles. The van der Waals surface area contributed by atoms with Gasteiger partial charge in [-0.15, -0.1) is 0 Å². The zero-order chi connectivity index (χ0) is 13.9. The molecule has 3 rings (SSSR count). The molecule has 2 saturated heterocycles. The Bertz CT molecular complexity index is 370. The highest BCUT2D eigenvalue weighted by Gasteiger charge is 2.34. The van der Waals surface area contributed by atoms with Crippen LogP contribution in [-0.4, -0.2) is 67.2 Å². The van der Waals surface area contributed by atoms with Gasteiger partial charge in [-0.05, 0) is 12.8 Å². The quantitative estimate of drug-likeness (QED) is 0.746. The zero-order valence-electron chi connectivity index (χ0n) is 11.8. The second-order valence-corrected chi connectivity index (χ2v) is 5.92. The molecule has 0 radical (unpaired) electrons. The van der Waals surface area contributed by atoms with Crippen LogP contribution in [0.1, 0.15) is 25.7 Å². The SMILES string of the molecule is O=C(OC1CCN(C(=O)N2CCNCC2)CC1)C1CC1. The summed E-state index contributed by atoms with van der Waals surface area (Å²) < 4.78 is 5.49. The number of nitrogens with zero attached hydrogens (tertiary/aromatic N) is 2. The van der Waals surface area contributed by atoms with Crippen LogP contribution in [0.3, 0.4) is 0 Å². The average Bonchev–Trinajstić information content (AvgIpc) is 3.33. The van der Waals surface area contributed by atoms with E-state index in [0.29, 0.717) is 13.1 Å². The second-order valence-electron chi connectivity index (χ2n) is 5.92. The fraction of sp³-hybridized carbons (Fsp3) is 0.857. The van der Waals surface area contributed by atoms with Gasteiger partial charge in [0.25, 0.3) is 0 Å². The van der Waals surface area contributed by atoms with Gasteiger partial charge < -0.3 is 19.9 Å². The molecule has 3 fully saturated rings. The van der Waals surface area contributed by atoms with Crippen molar-refractivity contribution in [2.24, 2.45) is 5.92 Å². The zero-order valence-corrected chi connectivity index (χ0v) is 11.8. The lowest BCUT2D eigenvalue weighted by molar-refractivity contribution is -0.152. The van der Waals surface area contributed by atoms with Crippen molar-refractivity contribution in [3.05, 3.63) is 0 Å². The van der Waals surface area contributed by atoms with Gasteiger partial charge in [0.05, 0.1) is 5.92 Å². The summed E-state index contributed by atoms with van der Waals surface area (Å²) in [6.45, 7) is 4.73. The number of likely N-dealkylation sites (tertiary alicyclic amines) is 1. The maximum atomic E-state index is 12.3. The Hall–Kier alpha value is -1.30. The standard InChI is InChI=1S/C14H23N3O3/c18-13(11-1-2-11)20-12-3-7-16(8-4-12)14(19)17-9-5-15-6-10-17/h11-12,15H,1-10H2.